The zero-order valence-electron chi connectivity index (χ0n) is 15.0. The van der Waals surface area contributed by atoms with Crippen LogP contribution in [-0.2, 0) is 31.6 Å². The molecule has 6 N–H and O–H groups in total. The normalized spacial score (nSPS) is 28.5. The lowest BCUT2D eigenvalue weighted by Gasteiger charge is -2.19. The fourth-order valence-corrected chi connectivity index (χ4v) is 5.77. The zero-order valence-corrected chi connectivity index (χ0v) is 17.7. The van der Waals surface area contributed by atoms with E-state index in [-0.39, 0.29) is 5.58 Å². The van der Waals surface area contributed by atoms with Crippen molar-refractivity contribution in [2.75, 3.05) is 6.61 Å². The molecule has 0 amide bonds. The summed E-state index contributed by atoms with van der Waals surface area (Å²) in [5, 5.41) is 20.8. The average molecular weight is 507 g/mol. The molecule has 2 unspecified atom stereocenters. The standard InChI is InChI=1S/C12H16NO15P3/c14-8-7(5-25-30(20,21)28-31(22,23)27-29(17,18)19)26-12(9(8)15)13-3-1-6-2-4-24-10(6)11(13)16/h1-4,7-9,12,14-15H,5H2,(H,20,21)(H,22,23)(H2,17,18,19)/t7-,8-,9-,12-/m1/s1. The highest BCUT2D eigenvalue weighted by molar-refractivity contribution is 7.66. The Kier molecular flexibility index (Phi) is 6.79. The van der Waals surface area contributed by atoms with Gasteiger partial charge in [0.15, 0.2) is 11.8 Å². The predicted octanol–water partition coefficient (Wildman–Crippen LogP) is -0.443. The van der Waals surface area contributed by atoms with Crippen LogP contribution in [0.1, 0.15) is 6.23 Å². The molecule has 31 heavy (non-hydrogen) atoms. The molecule has 16 nitrogen and oxygen atoms in total. The molecule has 19 heteroatoms. The molecular weight excluding hydrogens is 491 g/mol. The number of pyridine rings is 1. The number of aliphatic hydroxyl groups is 2. The van der Waals surface area contributed by atoms with Gasteiger partial charge in [-0.05, 0) is 12.1 Å². The van der Waals surface area contributed by atoms with E-state index in [2.05, 4.69) is 13.1 Å². The molecule has 1 fully saturated rings. The number of phosphoric acid groups is 3. The highest BCUT2D eigenvalue weighted by atomic mass is 31.3. The van der Waals surface area contributed by atoms with Gasteiger partial charge < -0.3 is 38.9 Å². The van der Waals surface area contributed by atoms with Crippen LogP contribution in [0, 0.1) is 0 Å². The summed E-state index contributed by atoms with van der Waals surface area (Å²) in [6, 6.07) is 3.00. The number of rotatable bonds is 8. The molecule has 6 atom stereocenters. The highest BCUT2D eigenvalue weighted by Crippen LogP contribution is 2.66. The maximum Gasteiger partial charge on any atom is 0.490 e. The molecule has 3 rings (SSSR count). The molecule has 1 aliphatic rings. The van der Waals surface area contributed by atoms with Gasteiger partial charge in [0.1, 0.15) is 18.3 Å². The van der Waals surface area contributed by atoms with Crippen LogP contribution in [-0.4, -0.2) is 59.3 Å². The van der Waals surface area contributed by atoms with Crippen molar-refractivity contribution in [3.05, 3.63) is 34.9 Å². The van der Waals surface area contributed by atoms with Gasteiger partial charge in [-0.15, -0.1) is 0 Å². The van der Waals surface area contributed by atoms with E-state index in [4.69, 9.17) is 23.8 Å². The average Bonchev–Trinajstić information content (AvgIpc) is 3.17. The Balaban J connectivity index is 1.69. The summed E-state index contributed by atoms with van der Waals surface area (Å²) >= 11 is 0. The summed E-state index contributed by atoms with van der Waals surface area (Å²) in [7, 11) is -16.7. The minimum absolute atomic E-state index is 0.0514. The van der Waals surface area contributed by atoms with Crippen molar-refractivity contribution >= 4 is 34.4 Å². The van der Waals surface area contributed by atoms with Crippen LogP contribution >= 0.6 is 23.5 Å². The minimum Gasteiger partial charge on any atom is -0.459 e. The largest absolute Gasteiger partial charge is 0.490 e. The Morgan fingerprint density at radius 1 is 1.00 bits per heavy atom. The number of fused-ring (bicyclic) bond motifs is 1. The van der Waals surface area contributed by atoms with Crippen LogP contribution in [0.15, 0.2) is 33.8 Å². The maximum atomic E-state index is 12.4. The van der Waals surface area contributed by atoms with Crippen molar-refractivity contribution < 1.29 is 65.8 Å². The number of hydrogen-bond acceptors (Lipinski definition) is 11. The van der Waals surface area contributed by atoms with Crippen molar-refractivity contribution in [2.45, 2.75) is 24.5 Å². The Bertz CT molecular complexity index is 1150. The third-order valence-corrected chi connectivity index (χ3v) is 7.77. The maximum absolute atomic E-state index is 12.4. The number of nitrogens with zero attached hydrogens (tertiary/aromatic N) is 1. The van der Waals surface area contributed by atoms with Gasteiger partial charge in [-0.1, -0.05) is 0 Å². The summed E-state index contributed by atoms with van der Waals surface area (Å²) in [6.07, 6.45) is -3.89. The summed E-state index contributed by atoms with van der Waals surface area (Å²) in [5.74, 6) is 0. The fourth-order valence-electron chi connectivity index (χ4n) is 2.74. The number of phosphoric ester groups is 1. The minimum atomic E-state index is -5.72. The first kappa shape index (κ1) is 24.4. The molecule has 2 aromatic rings. The van der Waals surface area contributed by atoms with Gasteiger partial charge in [0.05, 0.1) is 12.9 Å². The first-order valence-corrected chi connectivity index (χ1v) is 12.6. The molecule has 0 radical (unpaired) electrons. The lowest BCUT2D eigenvalue weighted by Crippen LogP contribution is -2.35. The summed E-state index contributed by atoms with van der Waals surface area (Å²) < 4.78 is 56.4. The lowest BCUT2D eigenvalue weighted by atomic mass is 10.1. The fraction of sp³-hybridized carbons (Fsp3) is 0.417. The lowest BCUT2D eigenvalue weighted by molar-refractivity contribution is -0.0534. The van der Waals surface area contributed by atoms with Crippen molar-refractivity contribution in [3.63, 3.8) is 0 Å². The molecular formula is C12H16NO15P3. The second-order valence-electron chi connectivity index (χ2n) is 6.17. The Morgan fingerprint density at radius 3 is 2.32 bits per heavy atom. The molecule has 1 saturated heterocycles. The van der Waals surface area contributed by atoms with E-state index in [1.165, 1.54) is 24.6 Å². The van der Waals surface area contributed by atoms with E-state index in [0.29, 0.717) is 5.39 Å². The number of ether oxygens (including phenoxy) is 1. The van der Waals surface area contributed by atoms with E-state index in [0.717, 1.165) is 4.57 Å². The third kappa shape index (κ3) is 5.78. The summed E-state index contributed by atoms with van der Waals surface area (Å²) in [6.45, 7) is -1.00. The van der Waals surface area contributed by atoms with Crippen LogP contribution in [0.3, 0.4) is 0 Å². The topological polar surface area (TPSA) is 245 Å². The quantitative estimate of drug-likeness (QED) is 0.248. The van der Waals surface area contributed by atoms with E-state index in [1.807, 2.05) is 0 Å². The number of aromatic nitrogens is 1. The molecule has 3 heterocycles. The van der Waals surface area contributed by atoms with Crippen LogP contribution < -0.4 is 5.56 Å². The smallest absolute Gasteiger partial charge is 0.459 e. The Labute approximate surface area is 171 Å². The van der Waals surface area contributed by atoms with E-state index < -0.39 is 60.2 Å². The molecule has 174 valence electrons. The number of furan rings is 1. The van der Waals surface area contributed by atoms with Crippen LogP contribution in [0.2, 0.25) is 0 Å². The van der Waals surface area contributed by atoms with Gasteiger partial charge in [-0.3, -0.25) is 13.9 Å². The van der Waals surface area contributed by atoms with Gasteiger partial charge in [-0.2, -0.15) is 8.62 Å². The second-order valence-corrected chi connectivity index (χ2v) is 10.6. The van der Waals surface area contributed by atoms with Crippen molar-refractivity contribution in [1.29, 1.82) is 0 Å². The summed E-state index contributed by atoms with van der Waals surface area (Å²) in [4.78, 5) is 48.0. The van der Waals surface area contributed by atoms with Crippen molar-refractivity contribution in [1.82, 2.24) is 4.57 Å². The van der Waals surface area contributed by atoms with Gasteiger partial charge in [0, 0.05) is 11.6 Å². The van der Waals surface area contributed by atoms with Crippen molar-refractivity contribution in [2.24, 2.45) is 0 Å². The molecule has 0 bridgehead atoms. The van der Waals surface area contributed by atoms with Crippen LogP contribution in [0.25, 0.3) is 11.0 Å². The molecule has 1 aliphatic heterocycles. The van der Waals surface area contributed by atoms with Gasteiger partial charge in [0.25, 0.3) is 5.56 Å². The third-order valence-electron chi connectivity index (χ3n) is 3.97. The first-order valence-electron chi connectivity index (χ1n) is 8.07. The number of hydrogen-bond donors (Lipinski definition) is 6. The first-order chi connectivity index (χ1) is 14.2. The zero-order chi connectivity index (χ0) is 23.2. The molecule has 0 aliphatic carbocycles. The van der Waals surface area contributed by atoms with E-state index >= 15 is 0 Å². The molecule has 0 aromatic carbocycles. The van der Waals surface area contributed by atoms with Gasteiger partial charge >= 0.3 is 23.5 Å². The second kappa shape index (κ2) is 8.61. The van der Waals surface area contributed by atoms with Crippen LogP contribution in [0.5, 0.6) is 0 Å². The predicted molar refractivity (Wildman–Crippen MR) is 96.2 cm³/mol. The summed E-state index contributed by atoms with van der Waals surface area (Å²) in [5.41, 5.74) is -0.753. The molecule has 0 saturated carbocycles. The number of aliphatic hydroxyl groups excluding tert-OH is 2. The highest BCUT2D eigenvalue weighted by Gasteiger charge is 2.46. The van der Waals surface area contributed by atoms with Crippen LogP contribution in [0.4, 0.5) is 0 Å². The van der Waals surface area contributed by atoms with Gasteiger partial charge in [-0.25, -0.2) is 13.7 Å². The monoisotopic (exact) mass is 507 g/mol. The van der Waals surface area contributed by atoms with E-state index in [1.54, 1.807) is 0 Å². The van der Waals surface area contributed by atoms with Gasteiger partial charge in [0.2, 0.25) is 0 Å². The Hall–Kier alpha value is -1.22. The Morgan fingerprint density at radius 2 is 1.68 bits per heavy atom. The van der Waals surface area contributed by atoms with Crippen molar-refractivity contribution in [3.8, 4) is 0 Å². The van der Waals surface area contributed by atoms with E-state index in [9.17, 15) is 33.6 Å². The SMILES string of the molecule is O=c1c2occc2ccn1[C@@H]1O[C@H](COP(=O)(O)OP(=O)(O)OP(=O)(O)O)[C@@H](O)[C@H]1O. The molecule has 2 aromatic heterocycles. The molecule has 0 spiro atoms.